The second-order valence-corrected chi connectivity index (χ2v) is 6.62. The van der Waals surface area contributed by atoms with Crippen LogP contribution in [0.4, 0.5) is 0 Å². The number of carbonyl (C=O) groups is 2. The number of esters is 1. The lowest BCUT2D eigenvalue weighted by Crippen LogP contribution is -2.37. The van der Waals surface area contributed by atoms with Crippen LogP contribution in [0.25, 0.3) is 0 Å². The molecule has 0 aromatic heterocycles. The number of nitrogens with one attached hydrogen (secondary N) is 2. The van der Waals surface area contributed by atoms with Gasteiger partial charge in [0.05, 0.1) is 12.7 Å². The molecule has 0 spiro atoms. The first-order valence-corrected chi connectivity index (χ1v) is 9.44. The summed E-state index contributed by atoms with van der Waals surface area (Å²) < 4.78 is 4.74. The van der Waals surface area contributed by atoms with E-state index in [9.17, 15) is 9.59 Å². The lowest BCUT2D eigenvalue weighted by atomic mass is 10.0. The van der Waals surface area contributed by atoms with E-state index in [4.69, 9.17) is 4.74 Å². The molecule has 0 bridgehead atoms. The van der Waals surface area contributed by atoms with E-state index in [-0.39, 0.29) is 5.91 Å². The molecule has 3 aromatic carbocycles. The number of carbonyl (C=O) groups excluding carboxylic acids is 2. The lowest BCUT2D eigenvalue weighted by Gasteiger charge is -2.19. The van der Waals surface area contributed by atoms with Crippen molar-refractivity contribution in [1.29, 1.82) is 0 Å². The van der Waals surface area contributed by atoms with Crippen molar-refractivity contribution in [3.05, 3.63) is 107 Å². The second kappa shape index (κ2) is 10.2. The third-order valence-corrected chi connectivity index (χ3v) is 4.59. The average Bonchev–Trinajstić information content (AvgIpc) is 2.79. The van der Waals surface area contributed by atoms with E-state index in [1.54, 1.807) is 24.3 Å². The molecule has 0 aliphatic rings. The summed E-state index contributed by atoms with van der Waals surface area (Å²) in [6.07, 6.45) is 0. The number of rotatable bonds is 8. The van der Waals surface area contributed by atoms with Crippen LogP contribution in [0.5, 0.6) is 0 Å². The second-order valence-electron chi connectivity index (χ2n) is 6.62. The predicted molar refractivity (Wildman–Crippen MR) is 112 cm³/mol. The van der Waals surface area contributed by atoms with Crippen molar-refractivity contribution < 1.29 is 14.3 Å². The Kier molecular flexibility index (Phi) is 7.14. The summed E-state index contributed by atoms with van der Waals surface area (Å²) in [6.45, 7) is 0.993. The van der Waals surface area contributed by atoms with E-state index < -0.39 is 12.0 Å². The molecule has 2 N–H and O–H groups in total. The van der Waals surface area contributed by atoms with Crippen molar-refractivity contribution in [2.75, 3.05) is 7.11 Å². The maximum Gasteiger partial charge on any atom is 0.337 e. The number of methoxy groups -OCH3 is 1. The monoisotopic (exact) mass is 388 g/mol. The van der Waals surface area contributed by atoms with Crippen molar-refractivity contribution in [3.8, 4) is 0 Å². The maximum absolute atomic E-state index is 12.9. The van der Waals surface area contributed by atoms with E-state index in [0.717, 1.165) is 16.7 Å². The van der Waals surface area contributed by atoms with E-state index in [1.807, 2.05) is 60.7 Å². The number of amides is 1. The van der Waals surface area contributed by atoms with Crippen LogP contribution in [-0.2, 0) is 22.6 Å². The molecule has 0 fully saturated rings. The molecule has 1 amide bonds. The number of ether oxygens (including phenoxy) is 1. The number of benzene rings is 3. The van der Waals surface area contributed by atoms with Gasteiger partial charge in [-0.25, -0.2) is 4.79 Å². The van der Waals surface area contributed by atoms with Gasteiger partial charge in [0.1, 0.15) is 6.04 Å². The van der Waals surface area contributed by atoms with Gasteiger partial charge in [0.25, 0.3) is 0 Å². The fourth-order valence-corrected chi connectivity index (χ4v) is 2.99. The van der Waals surface area contributed by atoms with Crippen LogP contribution < -0.4 is 10.6 Å². The molecule has 5 nitrogen and oxygen atoms in total. The van der Waals surface area contributed by atoms with Crippen molar-refractivity contribution in [1.82, 2.24) is 10.6 Å². The molecule has 0 heterocycles. The number of hydrogen-bond acceptors (Lipinski definition) is 4. The van der Waals surface area contributed by atoms with Crippen LogP contribution in [0.15, 0.2) is 84.9 Å². The van der Waals surface area contributed by atoms with Gasteiger partial charge in [0.15, 0.2) is 0 Å². The summed E-state index contributed by atoms with van der Waals surface area (Å²) in [4.78, 5) is 24.6. The fraction of sp³-hybridized carbons (Fsp3) is 0.167. The van der Waals surface area contributed by atoms with Crippen LogP contribution in [0.1, 0.15) is 33.1 Å². The van der Waals surface area contributed by atoms with E-state index in [1.165, 1.54) is 7.11 Å². The van der Waals surface area contributed by atoms with Gasteiger partial charge in [-0.3, -0.25) is 10.1 Å². The molecule has 1 unspecified atom stereocenters. The molecular weight excluding hydrogens is 364 g/mol. The van der Waals surface area contributed by atoms with Gasteiger partial charge >= 0.3 is 5.97 Å². The fourth-order valence-electron chi connectivity index (χ4n) is 2.99. The molecule has 1 atom stereocenters. The summed E-state index contributed by atoms with van der Waals surface area (Å²) in [5, 5.41) is 6.31. The summed E-state index contributed by atoms with van der Waals surface area (Å²) in [6, 6.07) is 26.0. The van der Waals surface area contributed by atoms with Gasteiger partial charge in [0, 0.05) is 13.1 Å². The molecule has 0 aliphatic heterocycles. The highest BCUT2D eigenvalue weighted by Gasteiger charge is 2.20. The van der Waals surface area contributed by atoms with Gasteiger partial charge in [-0.2, -0.15) is 0 Å². The third-order valence-electron chi connectivity index (χ3n) is 4.59. The Morgan fingerprint density at radius 2 is 1.34 bits per heavy atom. The minimum absolute atomic E-state index is 0.129. The Hall–Kier alpha value is -3.44. The van der Waals surface area contributed by atoms with Gasteiger partial charge in [-0.1, -0.05) is 72.8 Å². The molecule has 0 aliphatic carbocycles. The highest BCUT2D eigenvalue weighted by Crippen LogP contribution is 2.16. The summed E-state index contributed by atoms with van der Waals surface area (Å²) in [5.74, 6) is -0.533. The van der Waals surface area contributed by atoms with Crippen LogP contribution in [0.3, 0.4) is 0 Å². The van der Waals surface area contributed by atoms with E-state index >= 15 is 0 Å². The smallest absolute Gasteiger partial charge is 0.337 e. The molecule has 5 heteroatoms. The minimum Gasteiger partial charge on any atom is -0.465 e. The first kappa shape index (κ1) is 20.3. The van der Waals surface area contributed by atoms with Crippen molar-refractivity contribution >= 4 is 11.9 Å². The molecule has 0 saturated carbocycles. The predicted octanol–water partition coefficient (Wildman–Crippen LogP) is 3.62. The van der Waals surface area contributed by atoms with Crippen LogP contribution in [-0.4, -0.2) is 19.0 Å². The lowest BCUT2D eigenvalue weighted by molar-refractivity contribution is -0.123. The third kappa shape index (κ3) is 5.77. The quantitative estimate of drug-likeness (QED) is 0.579. The first-order chi connectivity index (χ1) is 14.2. The molecule has 0 radical (unpaired) electrons. The Morgan fingerprint density at radius 3 is 1.90 bits per heavy atom. The SMILES string of the molecule is COC(=O)c1ccc(C(NCc2ccccc2)C(=O)NCc2ccccc2)cc1. The molecule has 29 heavy (non-hydrogen) atoms. The van der Waals surface area contributed by atoms with E-state index in [2.05, 4.69) is 10.6 Å². The van der Waals surface area contributed by atoms with Gasteiger partial charge in [-0.15, -0.1) is 0 Å². The Bertz CT molecular complexity index is 925. The van der Waals surface area contributed by atoms with Crippen molar-refractivity contribution in [2.24, 2.45) is 0 Å². The summed E-state index contributed by atoms with van der Waals surface area (Å²) in [7, 11) is 1.34. The zero-order chi connectivity index (χ0) is 20.5. The largest absolute Gasteiger partial charge is 0.465 e. The van der Waals surface area contributed by atoms with Crippen LogP contribution >= 0.6 is 0 Å². The van der Waals surface area contributed by atoms with Crippen LogP contribution in [0.2, 0.25) is 0 Å². The van der Waals surface area contributed by atoms with Crippen molar-refractivity contribution in [2.45, 2.75) is 19.1 Å². The molecular formula is C24H24N2O3. The van der Waals surface area contributed by atoms with Crippen molar-refractivity contribution in [3.63, 3.8) is 0 Å². The molecule has 0 saturated heterocycles. The van der Waals surface area contributed by atoms with Crippen LogP contribution in [0, 0.1) is 0 Å². The van der Waals surface area contributed by atoms with Gasteiger partial charge in [0.2, 0.25) is 5.91 Å². The molecule has 3 rings (SSSR count). The minimum atomic E-state index is -0.550. The highest BCUT2D eigenvalue weighted by atomic mass is 16.5. The molecule has 3 aromatic rings. The Balaban J connectivity index is 1.74. The van der Waals surface area contributed by atoms with Gasteiger partial charge < -0.3 is 10.1 Å². The zero-order valence-corrected chi connectivity index (χ0v) is 16.3. The number of hydrogen-bond donors (Lipinski definition) is 2. The zero-order valence-electron chi connectivity index (χ0n) is 16.3. The standard InChI is InChI=1S/C24H24N2O3/c1-29-24(28)21-14-12-20(13-15-21)22(25-16-18-8-4-2-5-9-18)23(27)26-17-19-10-6-3-7-11-19/h2-15,22,25H,16-17H2,1H3,(H,26,27). The van der Waals surface area contributed by atoms with E-state index in [0.29, 0.717) is 18.7 Å². The topological polar surface area (TPSA) is 67.4 Å². The van der Waals surface area contributed by atoms with Gasteiger partial charge in [-0.05, 0) is 28.8 Å². The first-order valence-electron chi connectivity index (χ1n) is 9.44. The average molecular weight is 388 g/mol. The Labute approximate surface area is 170 Å². The summed E-state index contributed by atoms with van der Waals surface area (Å²) >= 11 is 0. The molecule has 148 valence electrons. The Morgan fingerprint density at radius 1 is 0.793 bits per heavy atom. The maximum atomic E-state index is 12.9. The summed E-state index contributed by atoms with van der Waals surface area (Å²) in [5.41, 5.74) is 3.34. The normalized spacial score (nSPS) is 11.5. The highest BCUT2D eigenvalue weighted by molar-refractivity contribution is 5.89.